The van der Waals surface area contributed by atoms with E-state index in [-0.39, 0.29) is 49.6 Å². The number of aliphatic hydroxyl groups excluding tert-OH is 1. The van der Waals surface area contributed by atoms with Gasteiger partial charge in [0.15, 0.2) is 16.1 Å². The molecule has 300 valence electrons. The number of carbonyl (C=O) groups is 1. The van der Waals surface area contributed by atoms with Crippen LogP contribution in [0.2, 0.25) is 0 Å². The molecule has 1 aromatic heterocycles. The normalized spacial score (nSPS) is 17.1. The molecular weight excluding hydrogens is 761 g/mol. The molecule has 1 saturated heterocycles. The molecule has 10 nitrogen and oxygen atoms in total. The van der Waals surface area contributed by atoms with Gasteiger partial charge in [-0.05, 0) is 101 Å². The minimum Gasteiger partial charge on any atom is -0.444 e. The molecule has 1 fully saturated rings. The van der Waals surface area contributed by atoms with E-state index in [1.807, 2.05) is 27.7 Å². The Labute approximate surface area is 328 Å². The number of aliphatic hydroxyl groups is 1. The zero-order valence-electron chi connectivity index (χ0n) is 32.5. The van der Waals surface area contributed by atoms with Crippen LogP contribution in [0, 0.1) is 12.8 Å². The number of benzene rings is 3. The SMILES string of the molecule is CCS(=O)(=O)c1ccc(C(F)(F)c2ccc(CCC3CCN(C(=O)OC(C)(C)C)CC3)cc2)c(C2=CN(C)C(O)c3c2ccn3S(=O)(=O)c2ccc(C)cc2)c1. The molecule has 2 aliphatic rings. The van der Waals surface area contributed by atoms with Crippen molar-refractivity contribution in [3.63, 3.8) is 0 Å². The molecular formula is C42H49F2N3O7S2. The van der Waals surface area contributed by atoms with Crippen molar-refractivity contribution in [3.8, 4) is 0 Å². The molecule has 14 heteroatoms. The van der Waals surface area contributed by atoms with E-state index in [0.717, 1.165) is 40.4 Å². The molecule has 4 aromatic rings. The number of likely N-dealkylation sites (tertiary alicyclic amines) is 1. The highest BCUT2D eigenvalue weighted by molar-refractivity contribution is 7.91. The van der Waals surface area contributed by atoms with Gasteiger partial charge in [-0.15, -0.1) is 0 Å². The van der Waals surface area contributed by atoms with Crippen LogP contribution in [0.3, 0.4) is 0 Å². The molecule has 3 aromatic carbocycles. The first kappa shape index (κ1) is 41.1. The van der Waals surface area contributed by atoms with Gasteiger partial charge in [-0.2, -0.15) is 8.78 Å². The topological polar surface area (TPSA) is 126 Å². The van der Waals surface area contributed by atoms with Crippen molar-refractivity contribution in [2.45, 2.75) is 87.8 Å². The van der Waals surface area contributed by atoms with E-state index in [0.29, 0.717) is 25.4 Å². The second kappa shape index (κ2) is 15.4. The van der Waals surface area contributed by atoms with Crippen LogP contribution in [0.5, 0.6) is 0 Å². The van der Waals surface area contributed by atoms with Crippen molar-refractivity contribution in [2.24, 2.45) is 5.92 Å². The zero-order chi connectivity index (χ0) is 40.8. The summed E-state index contributed by atoms with van der Waals surface area (Å²) in [5, 5.41) is 11.3. The Kier molecular flexibility index (Phi) is 11.3. The van der Waals surface area contributed by atoms with Gasteiger partial charge in [0.2, 0.25) is 0 Å². The largest absolute Gasteiger partial charge is 0.444 e. The number of nitrogens with zero attached hydrogens (tertiary/aromatic N) is 3. The molecule has 6 rings (SSSR count). The number of fused-ring (bicyclic) bond motifs is 1. The van der Waals surface area contributed by atoms with Gasteiger partial charge >= 0.3 is 6.09 Å². The summed E-state index contributed by atoms with van der Waals surface area (Å²) < 4.78 is 94.0. The third kappa shape index (κ3) is 8.28. The Morgan fingerprint density at radius 1 is 0.893 bits per heavy atom. The van der Waals surface area contributed by atoms with E-state index in [4.69, 9.17) is 4.74 Å². The van der Waals surface area contributed by atoms with Crippen LogP contribution < -0.4 is 0 Å². The lowest BCUT2D eigenvalue weighted by Gasteiger charge is -2.33. The summed E-state index contributed by atoms with van der Waals surface area (Å²) in [6.07, 6.45) is 4.08. The van der Waals surface area contributed by atoms with Crippen LogP contribution in [-0.4, -0.2) is 73.3 Å². The van der Waals surface area contributed by atoms with Gasteiger partial charge in [-0.25, -0.2) is 25.6 Å². The highest BCUT2D eigenvalue weighted by Crippen LogP contribution is 2.45. The molecule has 1 atom stereocenters. The summed E-state index contributed by atoms with van der Waals surface area (Å²) in [5.41, 5.74) is 0.508. The van der Waals surface area contributed by atoms with Gasteiger partial charge < -0.3 is 19.6 Å². The van der Waals surface area contributed by atoms with Crippen molar-refractivity contribution >= 4 is 31.5 Å². The van der Waals surface area contributed by atoms with Gasteiger partial charge in [0.1, 0.15) is 5.60 Å². The van der Waals surface area contributed by atoms with Crippen molar-refractivity contribution in [1.82, 2.24) is 13.8 Å². The third-order valence-electron chi connectivity index (χ3n) is 10.5. The number of piperidine rings is 1. The smallest absolute Gasteiger partial charge is 0.410 e. The summed E-state index contributed by atoms with van der Waals surface area (Å²) in [4.78, 5) is 15.3. The fourth-order valence-corrected chi connectivity index (χ4v) is 9.50. The molecule has 0 radical (unpaired) electrons. The first-order valence-corrected chi connectivity index (χ1v) is 21.8. The molecule has 1 unspecified atom stereocenters. The van der Waals surface area contributed by atoms with Crippen LogP contribution in [0.4, 0.5) is 13.6 Å². The lowest BCUT2D eigenvalue weighted by molar-refractivity contribution is 0.0181. The number of rotatable bonds is 10. The number of sulfone groups is 1. The minimum atomic E-state index is -4.22. The number of aromatic nitrogens is 1. The number of aryl methyl sites for hydroxylation is 2. The highest BCUT2D eigenvalue weighted by atomic mass is 32.2. The van der Waals surface area contributed by atoms with Gasteiger partial charge in [-0.1, -0.05) is 55.0 Å². The first-order valence-electron chi connectivity index (χ1n) is 18.7. The second-order valence-electron chi connectivity index (χ2n) is 15.6. The lowest BCUT2D eigenvalue weighted by atomic mass is 9.87. The number of ether oxygens (including phenoxy) is 1. The maximum absolute atomic E-state index is 16.8. The van der Waals surface area contributed by atoms with E-state index < -0.39 is 43.2 Å². The minimum absolute atomic E-state index is 0.0252. The summed E-state index contributed by atoms with van der Waals surface area (Å²) in [6.45, 7) is 10.0. The number of halogens is 2. The number of amides is 1. The number of carbonyl (C=O) groups excluding carboxylic acids is 1. The summed E-state index contributed by atoms with van der Waals surface area (Å²) in [5.74, 6) is -3.49. The summed E-state index contributed by atoms with van der Waals surface area (Å²) in [6, 6.07) is 17.2. The Bertz CT molecular complexity index is 2340. The zero-order valence-corrected chi connectivity index (χ0v) is 34.1. The van der Waals surface area contributed by atoms with E-state index in [2.05, 4.69) is 0 Å². The predicted molar refractivity (Wildman–Crippen MR) is 210 cm³/mol. The van der Waals surface area contributed by atoms with Gasteiger partial charge in [-0.3, -0.25) is 0 Å². The molecule has 1 N–H and O–H groups in total. The second-order valence-corrected chi connectivity index (χ2v) is 19.7. The highest BCUT2D eigenvalue weighted by Gasteiger charge is 2.40. The maximum atomic E-state index is 16.8. The van der Waals surface area contributed by atoms with Gasteiger partial charge in [0, 0.05) is 54.8 Å². The van der Waals surface area contributed by atoms with E-state index >= 15 is 8.78 Å². The molecule has 0 spiro atoms. The molecule has 2 aliphatic heterocycles. The number of hydrogen-bond acceptors (Lipinski definition) is 8. The van der Waals surface area contributed by atoms with Crippen molar-refractivity contribution in [1.29, 1.82) is 0 Å². The fraction of sp³-hybridized carbons (Fsp3) is 0.405. The standard InChI is InChI=1S/C42H49F2N3O7S2/c1-7-55(50,51)33-18-19-37(42(43,44)31-14-12-29(13-15-31)10-11-30-20-23-46(24-21-30)40(49)54-41(3,4)5)35(26-33)36-27-45(6)39(48)38-34(36)22-25-47(38)56(52,53)32-16-8-28(2)9-17-32/h8-9,12-19,22,25-27,30,39,48H,7,10-11,20-21,23-24H2,1-6H3. The average molecular weight is 810 g/mol. The van der Waals surface area contributed by atoms with Crippen molar-refractivity contribution in [2.75, 3.05) is 25.9 Å². The number of alkyl halides is 2. The van der Waals surface area contributed by atoms with E-state index in [1.54, 1.807) is 29.2 Å². The van der Waals surface area contributed by atoms with Gasteiger partial charge in [0.05, 0.1) is 21.2 Å². The van der Waals surface area contributed by atoms with E-state index in [1.165, 1.54) is 73.7 Å². The maximum Gasteiger partial charge on any atom is 0.410 e. The summed E-state index contributed by atoms with van der Waals surface area (Å²) >= 11 is 0. The predicted octanol–water partition coefficient (Wildman–Crippen LogP) is 7.87. The Hall–Kier alpha value is -4.53. The van der Waals surface area contributed by atoms with Crippen molar-refractivity contribution < 1.29 is 40.3 Å². The first-order chi connectivity index (χ1) is 26.2. The van der Waals surface area contributed by atoms with Crippen LogP contribution in [0.25, 0.3) is 5.57 Å². The molecule has 0 saturated carbocycles. The van der Waals surface area contributed by atoms with Crippen LogP contribution in [-0.2, 0) is 36.9 Å². The molecule has 0 bridgehead atoms. The molecule has 0 aliphatic carbocycles. The van der Waals surface area contributed by atoms with Crippen LogP contribution in [0.1, 0.15) is 92.3 Å². The van der Waals surface area contributed by atoms with Gasteiger partial charge in [0.25, 0.3) is 15.9 Å². The average Bonchev–Trinajstić information content (AvgIpc) is 3.62. The number of hydrogen-bond donors (Lipinski definition) is 1. The Morgan fingerprint density at radius 3 is 2.12 bits per heavy atom. The summed E-state index contributed by atoms with van der Waals surface area (Å²) in [7, 11) is -6.58. The van der Waals surface area contributed by atoms with Crippen LogP contribution >= 0.6 is 0 Å². The van der Waals surface area contributed by atoms with Crippen LogP contribution in [0.15, 0.2) is 95.0 Å². The monoisotopic (exact) mass is 809 g/mol. The van der Waals surface area contributed by atoms with Crippen molar-refractivity contribution in [3.05, 3.63) is 124 Å². The molecule has 1 amide bonds. The Balaban J connectivity index is 1.30. The fourth-order valence-electron chi connectivity index (χ4n) is 7.21. The third-order valence-corrected chi connectivity index (χ3v) is 13.9. The van der Waals surface area contributed by atoms with E-state index in [9.17, 15) is 26.7 Å². The quantitative estimate of drug-likeness (QED) is 0.172. The Morgan fingerprint density at radius 2 is 1.52 bits per heavy atom. The molecule has 3 heterocycles. The molecule has 56 heavy (non-hydrogen) atoms. The lowest BCUT2D eigenvalue weighted by Crippen LogP contribution is -2.41.